The minimum absolute atomic E-state index is 0.000835. The summed E-state index contributed by atoms with van der Waals surface area (Å²) in [5.74, 6) is 0.573. The average molecular weight is 337 g/mol. The average Bonchev–Trinajstić information content (AvgIpc) is 2.89. The van der Waals surface area contributed by atoms with E-state index in [4.69, 9.17) is 27.9 Å². The Morgan fingerprint density at radius 1 is 1.27 bits per heavy atom. The highest BCUT2D eigenvalue weighted by atomic mass is 35.5. The molecule has 0 saturated heterocycles. The van der Waals surface area contributed by atoms with Crippen LogP contribution in [-0.4, -0.2) is 24.0 Å². The molecule has 22 heavy (non-hydrogen) atoms. The van der Waals surface area contributed by atoms with Gasteiger partial charge < -0.3 is 10.1 Å². The first-order chi connectivity index (χ1) is 10.6. The standard InChI is InChI=1S/C16H14Cl2N2O2/c1-22-14-4-2-3-9-5-10(6-11(9)14)20-16(21)15-12(17)7-19-8-13(15)18/h2-4,7-8,10H,5-6H2,1H3,(H,20,21)/t10-/m1/s1. The number of carbonyl (C=O) groups is 1. The molecule has 1 aromatic carbocycles. The first-order valence-corrected chi connectivity index (χ1v) is 7.60. The number of hydrogen-bond acceptors (Lipinski definition) is 3. The molecule has 2 aromatic rings. The second-order valence-corrected chi connectivity index (χ2v) is 5.97. The summed E-state index contributed by atoms with van der Waals surface area (Å²) in [5, 5.41) is 3.48. The fraction of sp³-hybridized carbons (Fsp3) is 0.250. The van der Waals surface area contributed by atoms with Gasteiger partial charge in [0.15, 0.2) is 0 Å². The van der Waals surface area contributed by atoms with Crippen LogP contribution in [0.15, 0.2) is 30.6 Å². The van der Waals surface area contributed by atoms with Crippen molar-refractivity contribution in [2.45, 2.75) is 18.9 Å². The van der Waals surface area contributed by atoms with Crippen LogP contribution in [0.1, 0.15) is 21.5 Å². The van der Waals surface area contributed by atoms with Gasteiger partial charge in [0.1, 0.15) is 5.75 Å². The number of halogens is 2. The van der Waals surface area contributed by atoms with Gasteiger partial charge in [-0.1, -0.05) is 35.3 Å². The van der Waals surface area contributed by atoms with Crippen molar-refractivity contribution in [1.82, 2.24) is 10.3 Å². The Morgan fingerprint density at radius 2 is 2.00 bits per heavy atom. The predicted molar refractivity (Wildman–Crippen MR) is 85.9 cm³/mol. The van der Waals surface area contributed by atoms with Gasteiger partial charge in [0.2, 0.25) is 0 Å². The lowest BCUT2D eigenvalue weighted by Crippen LogP contribution is -2.35. The maximum Gasteiger partial charge on any atom is 0.254 e. The van der Waals surface area contributed by atoms with Gasteiger partial charge in [-0.05, 0) is 30.0 Å². The molecule has 1 amide bonds. The van der Waals surface area contributed by atoms with Crippen molar-refractivity contribution in [1.29, 1.82) is 0 Å². The number of amides is 1. The fourth-order valence-corrected chi connectivity index (χ4v) is 3.33. The lowest BCUT2D eigenvalue weighted by molar-refractivity contribution is 0.0938. The van der Waals surface area contributed by atoms with Crippen LogP contribution in [0.5, 0.6) is 5.75 Å². The second kappa shape index (κ2) is 6.15. The maximum absolute atomic E-state index is 12.4. The van der Waals surface area contributed by atoms with Gasteiger partial charge in [-0.3, -0.25) is 9.78 Å². The number of ether oxygens (including phenoxy) is 1. The summed E-state index contributed by atoms with van der Waals surface area (Å²) in [6.45, 7) is 0. The highest BCUT2D eigenvalue weighted by Crippen LogP contribution is 2.31. The number of nitrogens with one attached hydrogen (secondary N) is 1. The van der Waals surface area contributed by atoms with Crippen LogP contribution in [-0.2, 0) is 12.8 Å². The predicted octanol–water partition coefficient (Wildman–Crippen LogP) is 3.29. The van der Waals surface area contributed by atoms with Crippen molar-refractivity contribution >= 4 is 29.1 Å². The van der Waals surface area contributed by atoms with Crippen molar-refractivity contribution in [2.75, 3.05) is 7.11 Å². The molecule has 1 N–H and O–H groups in total. The van der Waals surface area contributed by atoms with E-state index in [1.54, 1.807) is 7.11 Å². The number of fused-ring (bicyclic) bond motifs is 1. The Morgan fingerprint density at radius 3 is 2.68 bits per heavy atom. The molecule has 0 saturated carbocycles. The van der Waals surface area contributed by atoms with E-state index in [1.807, 2.05) is 12.1 Å². The Labute approximate surface area is 138 Å². The van der Waals surface area contributed by atoms with Crippen LogP contribution in [0.2, 0.25) is 10.0 Å². The van der Waals surface area contributed by atoms with Gasteiger partial charge in [-0.15, -0.1) is 0 Å². The van der Waals surface area contributed by atoms with E-state index in [2.05, 4.69) is 16.4 Å². The molecule has 4 nitrogen and oxygen atoms in total. The lowest BCUT2D eigenvalue weighted by Gasteiger charge is -2.13. The molecule has 1 aliphatic rings. The second-order valence-electron chi connectivity index (χ2n) is 5.15. The number of methoxy groups -OCH3 is 1. The molecule has 3 rings (SSSR count). The van der Waals surface area contributed by atoms with Gasteiger partial charge >= 0.3 is 0 Å². The third-order valence-electron chi connectivity index (χ3n) is 3.78. The van der Waals surface area contributed by atoms with E-state index in [-0.39, 0.29) is 27.6 Å². The number of rotatable bonds is 3. The molecule has 0 fully saturated rings. The number of benzene rings is 1. The third-order valence-corrected chi connectivity index (χ3v) is 4.36. The topological polar surface area (TPSA) is 51.2 Å². The monoisotopic (exact) mass is 336 g/mol. The number of nitrogens with zero attached hydrogens (tertiary/aromatic N) is 1. The van der Waals surface area contributed by atoms with Crippen LogP contribution in [0, 0.1) is 0 Å². The van der Waals surface area contributed by atoms with Gasteiger partial charge in [0.25, 0.3) is 5.91 Å². The normalized spacial score (nSPS) is 16.2. The first kappa shape index (κ1) is 15.1. The summed E-state index contributed by atoms with van der Waals surface area (Å²) >= 11 is 12.0. The van der Waals surface area contributed by atoms with Crippen molar-refractivity contribution in [2.24, 2.45) is 0 Å². The molecular weight excluding hydrogens is 323 g/mol. The Kier molecular flexibility index (Phi) is 4.23. The molecule has 0 bridgehead atoms. The molecule has 0 radical (unpaired) electrons. The number of aromatic nitrogens is 1. The SMILES string of the molecule is COc1cccc2c1C[C@H](NC(=O)c1c(Cl)cncc1Cl)C2. The van der Waals surface area contributed by atoms with Gasteiger partial charge in [-0.25, -0.2) is 0 Å². The third kappa shape index (κ3) is 2.76. The Bertz CT molecular complexity index is 714. The Balaban J connectivity index is 1.77. The quantitative estimate of drug-likeness (QED) is 0.935. The van der Waals surface area contributed by atoms with E-state index in [0.29, 0.717) is 0 Å². The number of hydrogen-bond donors (Lipinski definition) is 1. The zero-order chi connectivity index (χ0) is 15.7. The highest BCUT2D eigenvalue weighted by Gasteiger charge is 2.27. The van der Waals surface area contributed by atoms with Gasteiger partial charge in [0, 0.05) is 18.4 Å². The first-order valence-electron chi connectivity index (χ1n) is 6.84. The molecule has 0 unspecified atom stereocenters. The summed E-state index contributed by atoms with van der Waals surface area (Å²) in [7, 11) is 1.65. The van der Waals surface area contributed by atoms with Crippen molar-refractivity contribution < 1.29 is 9.53 Å². The molecule has 1 heterocycles. The van der Waals surface area contributed by atoms with E-state index in [0.717, 1.165) is 24.2 Å². The summed E-state index contributed by atoms with van der Waals surface area (Å²) in [5.41, 5.74) is 2.60. The van der Waals surface area contributed by atoms with Crippen molar-refractivity contribution in [3.8, 4) is 5.75 Å². The summed E-state index contributed by atoms with van der Waals surface area (Å²) in [6.07, 6.45) is 4.31. The van der Waals surface area contributed by atoms with Crippen LogP contribution in [0.25, 0.3) is 0 Å². The largest absolute Gasteiger partial charge is 0.496 e. The molecule has 0 spiro atoms. The van der Waals surface area contributed by atoms with E-state index in [9.17, 15) is 4.79 Å². The number of carbonyl (C=O) groups excluding carboxylic acids is 1. The molecule has 1 atom stereocenters. The summed E-state index contributed by atoms with van der Waals surface area (Å²) < 4.78 is 5.37. The van der Waals surface area contributed by atoms with Crippen LogP contribution in [0.3, 0.4) is 0 Å². The smallest absolute Gasteiger partial charge is 0.254 e. The summed E-state index contributed by atoms with van der Waals surface area (Å²) in [4.78, 5) is 16.3. The molecular formula is C16H14Cl2N2O2. The molecule has 114 valence electrons. The molecule has 1 aliphatic carbocycles. The zero-order valence-corrected chi connectivity index (χ0v) is 13.4. The molecule has 1 aromatic heterocycles. The van der Waals surface area contributed by atoms with Crippen LogP contribution in [0.4, 0.5) is 0 Å². The zero-order valence-electron chi connectivity index (χ0n) is 11.9. The van der Waals surface area contributed by atoms with Gasteiger partial charge in [-0.2, -0.15) is 0 Å². The fourth-order valence-electron chi connectivity index (χ4n) is 2.80. The minimum atomic E-state index is -0.283. The van der Waals surface area contributed by atoms with Crippen LogP contribution >= 0.6 is 23.2 Å². The van der Waals surface area contributed by atoms with Gasteiger partial charge in [0.05, 0.1) is 22.7 Å². The van der Waals surface area contributed by atoms with Crippen molar-refractivity contribution in [3.05, 3.63) is 57.3 Å². The number of pyridine rings is 1. The lowest BCUT2D eigenvalue weighted by atomic mass is 10.1. The molecule has 0 aliphatic heterocycles. The van der Waals surface area contributed by atoms with Crippen molar-refractivity contribution in [3.63, 3.8) is 0 Å². The highest BCUT2D eigenvalue weighted by molar-refractivity contribution is 6.39. The van der Waals surface area contributed by atoms with Crippen LogP contribution < -0.4 is 10.1 Å². The maximum atomic E-state index is 12.4. The minimum Gasteiger partial charge on any atom is -0.496 e. The van der Waals surface area contributed by atoms with E-state index < -0.39 is 0 Å². The Hall–Kier alpha value is -1.78. The van der Waals surface area contributed by atoms with E-state index >= 15 is 0 Å². The molecule has 6 heteroatoms. The summed E-state index contributed by atoms with van der Waals surface area (Å²) in [6, 6.07) is 5.94. The van der Waals surface area contributed by atoms with E-state index in [1.165, 1.54) is 18.0 Å².